The van der Waals surface area contributed by atoms with Crippen LogP contribution in [0.2, 0.25) is 5.02 Å². The lowest BCUT2D eigenvalue weighted by atomic mass is 10.0. The molecule has 6 heteroatoms. The Hall–Kier alpha value is -1.56. The van der Waals surface area contributed by atoms with Crippen LogP contribution in [0.15, 0.2) is 53.4 Å². The molecule has 2 aromatic carbocycles. The molecule has 0 unspecified atom stereocenters. The summed E-state index contributed by atoms with van der Waals surface area (Å²) in [6.45, 7) is 1.77. The van der Waals surface area contributed by atoms with E-state index in [1.165, 1.54) is 6.07 Å². The minimum Gasteiger partial charge on any atom is -0.481 e. The van der Waals surface area contributed by atoms with Gasteiger partial charge in [-0.1, -0.05) is 48.0 Å². The number of benzene rings is 2. The average molecular weight is 324 g/mol. The van der Waals surface area contributed by atoms with Crippen LogP contribution in [0.4, 0.5) is 0 Å². The lowest BCUT2D eigenvalue weighted by molar-refractivity contribution is 0.174. The molecule has 0 aliphatic carbocycles. The van der Waals surface area contributed by atoms with Crippen LogP contribution < -0.4 is 9.46 Å². The zero-order valence-electron chi connectivity index (χ0n) is 11.3. The van der Waals surface area contributed by atoms with E-state index in [-0.39, 0.29) is 15.7 Å². The minimum atomic E-state index is -3.65. The fourth-order valence-electron chi connectivity index (χ4n) is 2.41. The summed E-state index contributed by atoms with van der Waals surface area (Å²) in [4.78, 5) is 0.0697. The lowest BCUT2D eigenvalue weighted by Gasteiger charge is -2.22. The van der Waals surface area contributed by atoms with E-state index in [2.05, 4.69) is 4.72 Å². The first-order valence-corrected chi connectivity index (χ1v) is 8.37. The third-order valence-corrected chi connectivity index (χ3v) is 5.27. The van der Waals surface area contributed by atoms with Gasteiger partial charge in [-0.3, -0.25) is 0 Å². The highest BCUT2D eigenvalue weighted by atomic mass is 35.5. The van der Waals surface area contributed by atoms with E-state index in [9.17, 15) is 8.42 Å². The number of halogens is 1. The van der Waals surface area contributed by atoms with Crippen LogP contribution in [0.25, 0.3) is 0 Å². The number of nitrogens with one attached hydrogen (secondary N) is 1. The molecular formula is C15H14ClNO3S. The molecule has 2 aromatic rings. The number of rotatable bonds is 1. The summed E-state index contributed by atoms with van der Waals surface area (Å²) < 4.78 is 33.4. The largest absolute Gasteiger partial charge is 0.481 e. The Morgan fingerprint density at radius 1 is 1.10 bits per heavy atom. The summed E-state index contributed by atoms with van der Waals surface area (Å²) in [7, 11) is -3.65. The monoisotopic (exact) mass is 323 g/mol. The van der Waals surface area contributed by atoms with E-state index in [0.29, 0.717) is 0 Å². The first-order valence-electron chi connectivity index (χ1n) is 6.51. The van der Waals surface area contributed by atoms with Gasteiger partial charge in [-0.2, -0.15) is 0 Å². The zero-order valence-corrected chi connectivity index (χ0v) is 12.9. The topological polar surface area (TPSA) is 55.4 Å². The van der Waals surface area contributed by atoms with Crippen LogP contribution in [0.5, 0.6) is 5.75 Å². The summed E-state index contributed by atoms with van der Waals surface area (Å²) in [5, 5.41) is 0.285. The van der Waals surface area contributed by atoms with Crippen LogP contribution in [-0.2, 0) is 10.0 Å². The van der Waals surface area contributed by atoms with Gasteiger partial charge in [-0.05, 0) is 24.6 Å². The first kappa shape index (κ1) is 14.4. The Labute approximate surface area is 128 Å². The maximum atomic E-state index is 12.4. The molecule has 1 aliphatic rings. The molecule has 1 heterocycles. The number of fused-ring (bicyclic) bond motifs is 1. The Bertz CT molecular complexity index is 762. The number of sulfonamides is 1. The maximum Gasteiger partial charge on any atom is 0.244 e. The van der Waals surface area contributed by atoms with Gasteiger partial charge in [-0.25, -0.2) is 13.1 Å². The third-order valence-electron chi connectivity index (χ3n) is 3.39. The van der Waals surface area contributed by atoms with Gasteiger partial charge in [0.25, 0.3) is 0 Å². The molecule has 1 N–H and O–H groups in total. The van der Waals surface area contributed by atoms with Gasteiger partial charge in [-0.15, -0.1) is 0 Å². The summed E-state index contributed by atoms with van der Waals surface area (Å²) in [6, 6.07) is 13.8. The predicted molar refractivity (Wildman–Crippen MR) is 81.0 cm³/mol. The van der Waals surface area contributed by atoms with E-state index in [0.717, 1.165) is 5.56 Å². The molecular weight excluding hydrogens is 310 g/mol. The average Bonchev–Trinajstić information content (AvgIpc) is 2.55. The van der Waals surface area contributed by atoms with Gasteiger partial charge in [0.1, 0.15) is 11.0 Å². The first-order chi connectivity index (χ1) is 9.99. The van der Waals surface area contributed by atoms with Crippen molar-refractivity contribution in [2.45, 2.75) is 24.0 Å². The van der Waals surface area contributed by atoms with Crippen LogP contribution in [0.1, 0.15) is 18.6 Å². The standard InChI is InChI=1S/C15H14ClNO3S/c1-10-14(11-6-3-2-4-7-11)20-15-12(16)8-5-9-13(15)21(18,19)17-10/h2-10,14,17H,1H3/t10-,14-/m0/s1. The molecule has 21 heavy (non-hydrogen) atoms. The van der Waals surface area contributed by atoms with Gasteiger partial charge in [0, 0.05) is 0 Å². The van der Waals surface area contributed by atoms with Crippen molar-refractivity contribution in [2.75, 3.05) is 0 Å². The molecule has 0 fully saturated rings. The fourth-order valence-corrected chi connectivity index (χ4v) is 4.09. The van der Waals surface area contributed by atoms with Crippen molar-refractivity contribution in [3.05, 3.63) is 59.1 Å². The molecule has 0 saturated carbocycles. The molecule has 3 rings (SSSR count). The van der Waals surface area contributed by atoms with Crippen LogP contribution in [-0.4, -0.2) is 14.5 Å². The number of para-hydroxylation sites is 1. The molecule has 4 nitrogen and oxygen atoms in total. The van der Waals surface area contributed by atoms with E-state index in [4.69, 9.17) is 16.3 Å². The zero-order chi connectivity index (χ0) is 15.0. The van der Waals surface area contributed by atoms with Crippen molar-refractivity contribution < 1.29 is 13.2 Å². The number of hydrogen-bond acceptors (Lipinski definition) is 3. The van der Waals surface area contributed by atoms with Crippen molar-refractivity contribution in [1.82, 2.24) is 4.72 Å². The third kappa shape index (κ3) is 2.64. The molecule has 0 saturated heterocycles. The van der Waals surface area contributed by atoms with E-state index in [1.54, 1.807) is 19.1 Å². The normalized spacial score (nSPS) is 23.7. The fraction of sp³-hybridized carbons (Fsp3) is 0.200. The Morgan fingerprint density at radius 3 is 2.52 bits per heavy atom. The summed E-state index contributed by atoms with van der Waals surface area (Å²) in [6.07, 6.45) is -0.442. The summed E-state index contributed by atoms with van der Waals surface area (Å²) >= 11 is 6.13. The SMILES string of the molecule is C[C@@H]1NS(=O)(=O)c2cccc(Cl)c2O[C@@H]1c1ccccc1. The Morgan fingerprint density at radius 2 is 1.81 bits per heavy atom. The van der Waals surface area contributed by atoms with E-state index < -0.39 is 22.2 Å². The van der Waals surface area contributed by atoms with Crippen LogP contribution in [0, 0.1) is 0 Å². The molecule has 2 atom stereocenters. The van der Waals surface area contributed by atoms with E-state index >= 15 is 0 Å². The highest BCUT2D eigenvalue weighted by molar-refractivity contribution is 7.89. The maximum absolute atomic E-state index is 12.4. The van der Waals surface area contributed by atoms with Gasteiger partial charge in [0.05, 0.1) is 11.1 Å². The van der Waals surface area contributed by atoms with Crippen molar-refractivity contribution in [3.63, 3.8) is 0 Å². The molecule has 0 bridgehead atoms. The number of hydrogen-bond donors (Lipinski definition) is 1. The second kappa shape index (κ2) is 5.33. The van der Waals surface area contributed by atoms with E-state index in [1.807, 2.05) is 30.3 Å². The molecule has 0 radical (unpaired) electrons. The van der Waals surface area contributed by atoms with Gasteiger partial charge in [0.15, 0.2) is 5.75 Å². The number of ether oxygens (including phenoxy) is 1. The smallest absolute Gasteiger partial charge is 0.244 e. The van der Waals surface area contributed by atoms with Gasteiger partial charge < -0.3 is 4.74 Å². The Balaban J connectivity index is 2.15. The second-order valence-corrected chi connectivity index (χ2v) is 7.02. The highest BCUT2D eigenvalue weighted by Crippen LogP contribution is 2.38. The minimum absolute atomic E-state index is 0.0697. The van der Waals surface area contributed by atoms with Crippen LogP contribution >= 0.6 is 11.6 Å². The second-order valence-electron chi connectivity index (χ2n) is 4.93. The van der Waals surface area contributed by atoms with Crippen LogP contribution in [0.3, 0.4) is 0 Å². The molecule has 0 aromatic heterocycles. The summed E-state index contributed by atoms with van der Waals surface area (Å²) in [5.41, 5.74) is 0.889. The summed E-state index contributed by atoms with van der Waals surface area (Å²) in [5.74, 6) is 0.199. The van der Waals surface area contributed by atoms with Crippen molar-refractivity contribution in [2.24, 2.45) is 0 Å². The predicted octanol–water partition coefficient (Wildman–Crippen LogP) is 3.14. The molecule has 0 amide bonds. The molecule has 1 aliphatic heterocycles. The highest BCUT2D eigenvalue weighted by Gasteiger charge is 2.34. The Kier molecular flexibility index (Phi) is 3.65. The quantitative estimate of drug-likeness (QED) is 0.877. The van der Waals surface area contributed by atoms with Gasteiger partial charge >= 0.3 is 0 Å². The van der Waals surface area contributed by atoms with Gasteiger partial charge in [0.2, 0.25) is 10.0 Å². The molecule has 0 spiro atoms. The van der Waals surface area contributed by atoms with Crippen molar-refractivity contribution >= 4 is 21.6 Å². The lowest BCUT2D eigenvalue weighted by Crippen LogP contribution is -2.36. The van der Waals surface area contributed by atoms with Crippen molar-refractivity contribution in [1.29, 1.82) is 0 Å². The van der Waals surface area contributed by atoms with Crippen molar-refractivity contribution in [3.8, 4) is 5.75 Å². The molecule has 110 valence electrons.